The number of amides is 1. The average Bonchev–Trinajstić information content (AvgIpc) is 3.27. The highest BCUT2D eigenvalue weighted by Gasteiger charge is 2.32. The highest BCUT2D eigenvalue weighted by atomic mass is 35.5. The summed E-state index contributed by atoms with van der Waals surface area (Å²) < 4.78 is 18.8. The van der Waals surface area contributed by atoms with E-state index >= 15 is 0 Å². The molecule has 0 bridgehead atoms. The van der Waals surface area contributed by atoms with E-state index in [0.717, 1.165) is 30.3 Å². The lowest BCUT2D eigenvalue weighted by atomic mass is 9.96. The fourth-order valence-electron chi connectivity index (χ4n) is 5.16. The Morgan fingerprint density at radius 3 is 2.51 bits per heavy atom. The highest BCUT2D eigenvalue weighted by molar-refractivity contribution is 6.31. The molecule has 1 unspecified atom stereocenters. The number of carbonyl (C=O) groups is 1. The van der Waals surface area contributed by atoms with Crippen molar-refractivity contribution in [2.24, 2.45) is 20.0 Å². The zero-order valence-corrected chi connectivity index (χ0v) is 22.6. The van der Waals surface area contributed by atoms with Crippen LogP contribution in [0.1, 0.15) is 45.1 Å². The molecule has 2 aromatic heterocycles. The second-order valence-corrected chi connectivity index (χ2v) is 10.1. The van der Waals surface area contributed by atoms with Gasteiger partial charge in [-0.3, -0.25) is 23.3 Å². The predicted molar refractivity (Wildman–Crippen MR) is 143 cm³/mol. The number of piperidine rings is 1. The van der Waals surface area contributed by atoms with Gasteiger partial charge in [0.25, 0.3) is 5.56 Å². The van der Waals surface area contributed by atoms with Crippen molar-refractivity contribution in [2.45, 2.75) is 46.1 Å². The van der Waals surface area contributed by atoms with E-state index in [1.807, 2.05) is 9.80 Å². The minimum Gasteiger partial charge on any atom is -0.342 e. The SMILES string of the molecule is CCCN(CCC)C(=O)C1CCCN(c2nc3c(c(=O)n(C)c(=O)n3C)n2Cc2c(F)cccc2Cl)C1. The van der Waals surface area contributed by atoms with Crippen LogP contribution in [0, 0.1) is 11.7 Å². The lowest BCUT2D eigenvalue weighted by Crippen LogP contribution is -2.46. The van der Waals surface area contributed by atoms with E-state index in [9.17, 15) is 18.8 Å². The fraction of sp³-hybridized carbons (Fsp3) is 0.538. The molecule has 0 N–H and O–H groups in total. The molecule has 200 valence electrons. The van der Waals surface area contributed by atoms with Crippen LogP contribution in [0.5, 0.6) is 0 Å². The van der Waals surface area contributed by atoms with Gasteiger partial charge in [0.05, 0.1) is 12.5 Å². The first-order valence-corrected chi connectivity index (χ1v) is 13.2. The van der Waals surface area contributed by atoms with E-state index in [0.29, 0.717) is 32.1 Å². The number of nitrogens with zero attached hydrogens (tertiary/aromatic N) is 6. The zero-order chi connectivity index (χ0) is 26.9. The molecule has 0 radical (unpaired) electrons. The second kappa shape index (κ2) is 11.1. The first-order chi connectivity index (χ1) is 17.7. The number of aromatic nitrogens is 4. The molecule has 1 fully saturated rings. The third-order valence-electron chi connectivity index (χ3n) is 7.06. The molecule has 1 aromatic carbocycles. The Hall–Kier alpha value is -3.14. The van der Waals surface area contributed by atoms with Gasteiger partial charge in [-0.05, 0) is 37.8 Å². The molecule has 4 rings (SSSR count). The van der Waals surface area contributed by atoms with Gasteiger partial charge in [0.1, 0.15) is 5.82 Å². The monoisotopic (exact) mass is 532 g/mol. The maximum Gasteiger partial charge on any atom is 0.332 e. The summed E-state index contributed by atoms with van der Waals surface area (Å²) in [4.78, 5) is 47.9. The molecule has 1 saturated heterocycles. The Morgan fingerprint density at radius 1 is 1.16 bits per heavy atom. The van der Waals surface area contributed by atoms with Crippen LogP contribution < -0.4 is 16.1 Å². The fourth-order valence-corrected chi connectivity index (χ4v) is 5.38. The van der Waals surface area contributed by atoms with E-state index in [4.69, 9.17) is 16.6 Å². The molecule has 0 saturated carbocycles. The van der Waals surface area contributed by atoms with Crippen LogP contribution >= 0.6 is 11.6 Å². The molecule has 37 heavy (non-hydrogen) atoms. The van der Waals surface area contributed by atoms with Gasteiger partial charge in [-0.15, -0.1) is 0 Å². The van der Waals surface area contributed by atoms with Crippen LogP contribution in [0.25, 0.3) is 11.2 Å². The standard InChI is InChI=1S/C26H34ClFN6O3/c1-5-12-32(13-6-2)23(35)17-9-8-14-33(15-17)25-29-22-21(24(36)31(4)26(37)30(22)3)34(25)16-18-19(27)10-7-11-20(18)28/h7,10-11,17H,5-6,8-9,12-16H2,1-4H3. The topological polar surface area (TPSA) is 85.4 Å². The van der Waals surface area contributed by atoms with E-state index in [-0.39, 0.29) is 40.1 Å². The van der Waals surface area contributed by atoms with Crippen LogP contribution in [-0.2, 0) is 25.4 Å². The zero-order valence-electron chi connectivity index (χ0n) is 21.8. The molecule has 3 aromatic rings. The van der Waals surface area contributed by atoms with Crippen LogP contribution in [0.4, 0.5) is 10.3 Å². The Bertz CT molecular complexity index is 1400. The Balaban J connectivity index is 1.82. The van der Waals surface area contributed by atoms with E-state index in [1.54, 1.807) is 17.7 Å². The normalized spacial score (nSPS) is 15.9. The first kappa shape index (κ1) is 26.9. The summed E-state index contributed by atoms with van der Waals surface area (Å²) in [5, 5.41) is 0.232. The molecule has 1 aliphatic heterocycles. The van der Waals surface area contributed by atoms with Gasteiger partial charge in [-0.1, -0.05) is 31.5 Å². The number of hydrogen-bond acceptors (Lipinski definition) is 5. The van der Waals surface area contributed by atoms with Crippen LogP contribution in [0.15, 0.2) is 27.8 Å². The van der Waals surface area contributed by atoms with Gasteiger partial charge in [-0.25, -0.2) is 9.18 Å². The quantitative estimate of drug-likeness (QED) is 0.445. The van der Waals surface area contributed by atoms with E-state index < -0.39 is 17.1 Å². The summed E-state index contributed by atoms with van der Waals surface area (Å²) in [6.07, 6.45) is 3.30. The first-order valence-electron chi connectivity index (χ1n) is 12.8. The van der Waals surface area contributed by atoms with Crippen LogP contribution in [0.2, 0.25) is 5.02 Å². The van der Waals surface area contributed by atoms with Gasteiger partial charge in [0.2, 0.25) is 11.9 Å². The van der Waals surface area contributed by atoms with Crippen molar-refractivity contribution in [3.63, 3.8) is 0 Å². The summed E-state index contributed by atoms with van der Waals surface area (Å²) in [5.74, 6) is -0.175. The summed E-state index contributed by atoms with van der Waals surface area (Å²) in [5.41, 5.74) is -0.402. The number of fused-ring (bicyclic) bond motifs is 1. The maximum atomic E-state index is 14.8. The predicted octanol–water partition coefficient (Wildman–Crippen LogP) is 3.14. The largest absolute Gasteiger partial charge is 0.342 e. The number of rotatable bonds is 8. The minimum atomic E-state index is -0.522. The number of benzene rings is 1. The third-order valence-corrected chi connectivity index (χ3v) is 7.41. The Labute approximate surface area is 220 Å². The lowest BCUT2D eigenvalue weighted by Gasteiger charge is -2.35. The molecule has 3 heterocycles. The molecule has 9 nitrogen and oxygen atoms in total. The van der Waals surface area contributed by atoms with Crippen LogP contribution in [0.3, 0.4) is 0 Å². The molecule has 1 atom stereocenters. The number of hydrogen-bond donors (Lipinski definition) is 0. The molecular formula is C26H34ClFN6O3. The second-order valence-electron chi connectivity index (χ2n) is 9.69. The third kappa shape index (κ3) is 5.03. The number of halogens is 2. The summed E-state index contributed by atoms with van der Waals surface area (Å²) >= 11 is 6.35. The van der Waals surface area contributed by atoms with E-state index in [2.05, 4.69) is 13.8 Å². The summed E-state index contributed by atoms with van der Waals surface area (Å²) in [7, 11) is 2.96. The van der Waals surface area contributed by atoms with Crippen molar-refractivity contribution in [3.8, 4) is 0 Å². The Kier molecular flexibility index (Phi) is 8.06. The lowest BCUT2D eigenvalue weighted by molar-refractivity contribution is -0.135. The van der Waals surface area contributed by atoms with Crippen molar-refractivity contribution in [1.82, 2.24) is 23.6 Å². The van der Waals surface area contributed by atoms with Crippen molar-refractivity contribution < 1.29 is 9.18 Å². The molecule has 1 aliphatic rings. The summed E-state index contributed by atoms with van der Waals surface area (Å²) in [6.45, 7) is 6.54. The minimum absolute atomic E-state index is 0.0440. The van der Waals surface area contributed by atoms with Gasteiger partial charge in [0.15, 0.2) is 11.2 Å². The molecule has 0 aliphatic carbocycles. The van der Waals surface area contributed by atoms with E-state index in [1.165, 1.54) is 23.7 Å². The average molecular weight is 533 g/mol. The molecule has 0 spiro atoms. The number of carbonyl (C=O) groups excluding carboxylic acids is 1. The van der Waals surface area contributed by atoms with Crippen LogP contribution in [-0.4, -0.2) is 55.7 Å². The number of aryl methyl sites for hydroxylation is 1. The van der Waals surface area contributed by atoms with Crippen molar-refractivity contribution in [2.75, 3.05) is 31.1 Å². The molecule has 1 amide bonds. The highest BCUT2D eigenvalue weighted by Crippen LogP contribution is 2.29. The Morgan fingerprint density at radius 2 is 1.86 bits per heavy atom. The van der Waals surface area contributed by atoms with Gasteiger partial charge in [0, 0.05) is 50.9 Å². The molecular weight excluding hydrogens is 499 g/mol. The smallest absolute Gasteiger partial charge is 0.332 e. The van der Waals surface area contributed by atoms with Crippen molar-refractivity contribution in [3.05, 3.63) is 55.4 Å². The van der Waals surface area contributed by atoms with Crippen molar-refractivity contribution >= 4 is 34.6 Å². The van der Waals surface area contributed by atoms with Gasteiger partial charge < -0.3 is 9.80 Å². The molecule has 11 heteroatoms. The summed E-state index contributed by atoms with van der Waals surface area (Å²) in [6, 6.07) is 4.44. The van der Waals surface area contributed by atoms with Gasteiger partial charge in [-0.2, -0.15) is 4.98 Å². The van der Waals surface area contributed by atoms with Crippen molar-refractivity contribution in [1.29, 1.82) is 0 Å². The number of anilines is 1. The number of imidazole rings is 1. The maximum absolute atomic E-state index is 14.8. The van der Waals surface area contributed by atoms with Gasteiger partial charge >= 0.3 is 5.69 Å².